The Morgan fingerprint density at radius 3 is 1.63 bits per heavy atom. The molecule has 0 aromatic carbocycles. The van der Waals surface area contributed by atoms with Crippen LogP contribution in [0, 0.1) is 80.8 Å². The first-order valence-electron chi connectivity index (χ1n) is 26.6. The molecule has 13 heteroatoms. The number of fused-ring (bicyclic) bond motifs is 10. The van der Waals surface area contributed by atoms with Crippen LogP contribution in [0.15, 0.2) is 12.4 Å². The first-order valence-corrected chi connectivity index (χ1v) is 26.6. The molecule has 0 bridgehead atoms. The third-order valence-corrected chi connectivity index (χ3v) is 21.4. The van der Waals surface area contributed by atoms with Crippen molar-refractivity contribution in [3.05, 3.63) is 23.8 Å². The van der Waals surface area contributed by atoms with Gasteiger partial charge in [0.1, 0.15) is 18.8 Å². The Bertz CT molecular complexity index is 2130. The summed E-state index contributed by atoms with van der Waals surface area (Å²) >= 11 is 0. The first kappa shape index (κ1) is 49.1. The van der Waals surface area contributed by atoms with Gasteiger partial charge < -0.3 is 19.7 Å². The zero-order valence-corrected chi connectivity index (χ0v) is 42.3. The molecule has 2 aromatic rings. The second-order valence-corrected chi connectivity index (χ2v) is 24.9. The van der Waals surface area contributed by atoms with Crippen molar-refractivity contribution < 1.29 is 34.1 Å². The number of hydrogen-bond donors (Lipinski definition) is 2. The van der Waals surface area contributed by atoms with Crippen LogP contribution in [0.3, 0.4) is 0 Å². The Kier molecular flexibility index (Phi) is 13.5. The Balaban J connectivity index is 0.000000168. The smallest absolute Gasteiger partial charge is 0.181 e. The van der Waals surface area contributed by atoms with E-state index in [9.17, 15) is 24.6 Å². The average Bonchev–Trinajstić information content (AvgIpc) is 4.09. The minimum atomic E-state index is -0.549. The van der Waals surface area contributed by atoms with E-state index < -0.39 is 11.2 Å². The molecule has 16 atom stereocenters. The van der Waals surface area contributed by atoms with Gasteiger partial charge in [-0.25, -0.2) is 4.68 Å². The van der Waals surface area contributed by atoms with Crippen molar-refractivity contribution in [3.8, 4) is 0 Å². The maximum atomic E-state index is 13.5. The quantitative estimate of drug-likeness (QED) is 0.196. The van der Waals surface area contributed by atoms with Crippen molar-refractivity contribution in [2.24, 2.45) is 80.8 Å². The molecule has 0 amide bonds. The molecule has 0 saturated heterocycles. The maximum absolute atomic E-state index is 13.5. The van der Waals surface area contributed by atoms with Crippen LogP contribution in [0.2, 0.25) is 0 Å². The summed E-state index contributed by atoms with van der Waals surface area (Å²) in [5.74, 6) is 5.51. The number of ketones is 3. The number of nitrogens with zero attached hydrogens (tertiary/aromatic N) is 6. The minimum Gasteiger partial charge on any atom is -0.390 e. The van der Waals surface area contributed by atoms with Crippen LogP contribution >= 0.6 is 0 Å². The van der Waals surface area contributed by atoms with Crippen molar-refractivity contribution in [2.45, 2.75) is 188 Å². The highest BCUT2D eigenvalue weighted by molar-refractivity contribution is 5.91. The van der Waals surface area contributed by atoms with E-state index in [0.717, 1.165) is 102 Å². The van der Waals surface area contributed by atoms with Crippen molar-refractivity contribution in [2.75, 3.05) is 27.4 Å². The van der Waals surface area contributed by atoms with E-state index in [1.165, 1.54) is 50.1 Å². The summed E-state index contributed by atoms with van der Waals surface area (Å²) in [4.78, 5) is 40.1. The van der Waals surface area contributed by atoms with E-state index in [1.807, 2.05) is 28.1 Å². The topological polar surface area (TPSA) is 172 Å². The fourth-order valence-corrected chi connectivity index (χ4v) is 18.3. The molecular formula is C54H84N6O7. The van der Waals surface area contributed by atoms with Crippen LogP contribution in [0.5, 0.6) is 0 Å². The molecule has 372 valence electrons. The fourth-order valence-electron chi connectivity index (χ4n) is 18.3. The third-order valence-electron chi connectivity index (χ3n) is 21.4. The Morgan fingerprint density at radius 1 is 0.672 bits per heavy atom. The summed E-state index contributed by atoms with van der Waals surface area (Å²) in [7, 11) is 3.69. The van der Waals surface area contributed by atoms with Gasteiger partial charge in [-0.15, -0.1) is 5.10 Å². The number of aliphatic hydroxyl groups is 2. The van der Waals surface area contributed by atoms with Crippen LogP contribution in [-0.4, -0.2) is 96.2 Å². The van der Waals surface area contributed by atoms with E-state index in [4.69, 9.17) is 9.47 Å². The van der Waals surface area contributed by atoms with Crippen LogP contribution in [0.25, 0.3) is 0 Å². The number of methoxy groups -OCH3 is 2. The maximum Gasteiger partial charge on any atom is 0.181 e. The molecule has 0 aliphatic heterocycles. The second kappa shape index (κ2) is 18.4. The Hall–Kier alpha value is -2.87. The molecule has 0 spiro atoms. The number of aromatic nitrogens is 6. The second-order valence-electron chi connectivity index (χ2n) is 24.9. The van der Waals surface area contributed by atoms with E-state index >= 15 is 0 Å². The number of hydrogen-bond acceptors (Lipinski definition) is 11. The van der Waals surface area contributed by atoms with Crippen molar-refractivity contribution in [1.29, 1.82) is 0 Å². The molecular weight excluding hydrogens is 845 g/mol. The van der Waals surface area contributed by atoms with E-state index in [-0.39, 0.29) is 51.6 Å². The third kappa shape index (κ3) is 8.65. The molecule has 0 radical (unpaired) electrons. The number of rotatable bonds is 12. The lowest BCUT2D eigenvalue weighted by molar-refractivity contribution is -0.175. The van der Waals surface area contributed by atoms with E-state index in [0.29, 0.717) is 65.4 Å². The summed E-state index contributed by atoms with van der Waals surface area (Å²) in [6.07, 6.45) is 23.6. The zero-order chi connectivity index (χ0) is 47.7. The van der Waals surface area contributed by atoms with E-state index in [2.05, 4.69) is 41.3 Å². The monoisotopic (exact) mass is 929 g/mol. The lowest BCUT2D eigenvalue weighted by Gasteiger charge is -2.62. The summed E-state index contributed by atoms with van der Waals surface area (Å²) in [6.45, 7) is 14.5. The summed E-state index contributed by atoms with van der Waals surface area (Å²) in [6, 6.07) is 0. The molecule has 13 nitrogen and oxygen atoms in total. The van der Waals surface area contributed by atoms with Crippen LogP contribution in [0.1, 0.15) is 173 Å². The van der Waals surface area contributed by atoms with Gasteiger partial charge in [-0.1, -0.05) is 26.0 Å². The molecule has 8 aliphatic carbocycles. The predicted octanol–water partition coefficient (Wildman–Crippen LogP) is 8.53. The molecule has 8 fully saturated rings. The summed E-state index contributed by atoms with van der Waals surface area (Å²) < 4.78 is 13.3. The van der Waals surface area contributed by atoms with Crippen LogP contribution in [-0.2, 0) is 38.6 Å². The Labute approximate surface area is 400 Å². The number of aryl methyl sites for hydroxylation is 1. The van der Waals surface area contributed by atoms with Gasteiger partial charge in [0.05, 0.1) is 42.5 Å². The summed E-state index contributed by atoms with van der Waals surface area (Å²) in [5, 5.41) is 38.4. The number of carbonyl (C=O) groups is 3. The predicted molar refractivity (Wildman–Crippen MR) is 254 cm³/mol. The molecule has 67 heavy (non-hydrogen) atoms. The molecule has 2 heterocycles. The zero-order valence-electron chi connectivity index (χ0n) is 42.3. The molecule has 0 unspecified atom stereocenters. The SMILES string of the molecule is CCc1cnn(CC(=O)[C@H]2CC[C@H]3[C@@H]4CC[C@H]5C[C@](C)(O)CC[C@]5(COC)[C@H]4CC[C@]23C)n1.COC[C@]12CC[C@@](C)(O)C[C@@H]1CC[C@H]1[C@@H]3CC[C@H](C(=O)Cn4cc(C(C)=O)nn4)[C@@]3(C)CC[C@@H]12. The largest absolute Gasteiger partial charge is 0.390 e. The highest BCUT2D eigenvalue weighted by Gasteiger charge is 2.65. The Morgan fingerprint density at radius 2 is 1.18 bits per heavy atom. The van der Waals surface area contributed by atoms with Gasteiger partial charge in [-0.05, 0) is 205 Å². The van der Waals surface area contributed by atoms with Crippen molar-refractivity contribution >= 4 is 17.3 Å². The van der Waals surface area contributed by atoms with Gasteiger partial charge in [0.15, 0.2) is 17.3 Å². The van der Waals surface area contributed by atoms with Crippen LogP contribution in [0.4, 0.5) is 0 Å². The average molecular weight is 929 g/mol. The molecule has 2 N–H and O–H groups in total. The van der Waals surface area contributed by atoms with Gasteiger partial charge in [-0.3, -0.25) is 14.4 Å². The number of ether oxygens (including phenoxy) is 2. The lowest BCUT2D eigenvalue weighted by atomic mass is 9.43. The van der Waals surface area contributed by atoms with Crippen molar-refractivity contribution in [3.63, 3.8) is 0 Å². The minimum absolute atomic E-state index is 0.0312. The summed E-state index contributed by atoms with van der Waals surface area (Å²) in [5.41, 5.74) is 0.698. The number of Topliss-reactive ketones (excluding diaryl/α,β-unsaturated/α-hetero) is 3. The normalized spacial score (nSPS) is 44.1. The highest BCUT2D eigenvalue weighted by Crippen LogP contribution is 2.70. The standard InChI is InChI=1S/C27H41N3O4.C27H43N3O3/c1-17(31)23-14-30(29-28-23)15-24(32)22-8-7-20-19-6-5-18-13-25(2,33)11-12-27(18,16-34-4)21(19)9-10-26(20,22)3;1-5-19-15-28-30(29-19)16-24(31)23-9-8-21-20-7-6-18-14-25(2,32)12-13-27(18,17-33-4)22(20)10-11-26(21,23)3/h14,18-22,33H,5-13,15-16H2,1-4H3;15,18,20-23,32H,5-14,16-17H2,1-4H3/t18-,19-,20-,21-,22+,25+,26-,27+;18-,20-,21-,22-,23+,25+,26-,27+/m00/s1. The van der Waals surface area contributed by atoms with Gasteiger partial charge >= 0.3 is 0 Å². The molecule has 2 aromatic heterocycles. The molecule has 8 saturated carbocycles. The molecule has 8 aliphatic rings. The van der Waals surface area contributed by atoms with Gasteiger partial charge in [0.25, 0.3) is 0 Å². The van der Waals surface area contributed by atoms with Gasteiger partial charge in [-0.2, -0.15) is 15.0 Å². The number of carbonyl (C=O) groups excluding carboxylic acids is 3. The lowest BCUT2D eigenvalue weighted by Crippen LogP contribution is -2.58. The highest BCUT2D eigenvalue weighted by atomic mass is 16.5. The first-order chi connectivity index (χ1) is 31.8. The fraction of sp³-hybridized carbons (Fsp3) is 0.870. The van der Waals surface area contributed by atoms with Crippen LogP contribution < -0.4 is 0 Å². The van der Waals surface area contributed by atoms with Gasteiger partial charge in [0, 0.05) is 33.0 Å². The van der Waals surface area contributed by atoms with Crippen molar-refractivity contribution in [1.82, 2.24) is 30.0 Å². The van der Waals surface area contributed by atoms with E-state index in [1.54, 1.807) is 17.2 Å². The molecule has 10 rings (SSSR count). The van der Waals surface area contributed by atoms with Gasteiger partial charge in [0.2, 0.25) is 0 Å².